The Morgan fingerprint density at radius 3 is 2.83 bits per heavy atom. The van der Waals surface area contributed by atoms with Gasteiger partial charge in [0.1, 0.15) is 7.05 Å². The monoisotopic (exact) mass is 203 g/mol. The van der Waals surface area contributed by atoms with Gasteiger partial charge in [0.25, 0.3) is 0 Å². The molecule has 0 saturated heterocycles. The first-order valence-electron chi connectivity index (χ1n) is 3.04. The van der Waals surface area contributed by atoms with E-state index >= 15 is 0 Å². The Morgan fingerprint density at radius 2 is 2.33 bits per heavy atom. The maximum atomic E-state index is 4.12. The van der Waals surface area contributed by atoms with Crippen molar-refractivity contribution in [2.75, 3.05) is 7.05 Å². The van der Waals surface area contributed by atoms with Gasteiger partial charge in [0.15, 0.2) is 0 Å². The minimum absolute atomic E-state index is 0. The maximum absolute atomic E-state index is 4.12. The van der Waals surface area contributed by atoms with E-state index in [9.17, 15) is 0 Å². The van der Waals surface area contributed by atoms with Gasteiger partial charge in [-0.3, -0.25) is 0 Å². The Morgan fingerprint density at radius 1 is 1.50 bits per heavy atom. The third-order valence-electron chi connectivity index (χ3n) is 1.36. The molecule has 0 radical (unpaired) electrons. The van der Waals surface area contributed by atoms with Crippen LogP contribution >= 0.6 is 11.3 Å². The van der Waals surface area contributed by atoms with E-state index in [4.69, 9.17) is 0 Å². The van der Waals surface area contributed by atoms with Gasteiger partial charge < -0.3 is 12.4 Å². The predicted octanol–water partition coefficient (Wildman–Crippen LogP) is -1.59. The van der Waals surface area contributed by atoms with Crippen molar-refractivity contribution in [2.45, 2.75) is 0 Å². The lowest BCUT2D eigenvalue weighted by molar-refractivity contribution is -0.00000234. The third-order valence-corrected chi connectivity index (χ3v) is 2.30. The molecule has 7 heteroatoms. The maximum Gasteiger partial charge on any atom is 0.320 e. The van der Waals surface area contributed by atoms with Gasteiger partial charge in [0.2, 0.25) is 6.34 Å². The summed E-state index contributed by atoms with van der Waals surface area (Å²) in [6.45, 7) is 0. The van der Waals surface area contributed by atoms with Gasteiger partial charge in [-0.15, -0.1) is 0 Å². The lowest BCUT2D eigenvalue weighted by Crippen LogP contribution is -3.00. The first kappa shape index (κ1) is 9.24. The average molecular weight is 204 g/mol. The van der Waals surface area contributed by atoms with Crippen LogP contribution in [0.15, 0.2) is 27.1 Å². The SMILES string of the molecule is C[N+]1(c2nccs2)C=NN=N1.[Cl-]. The average Bonchev–Trinajstić information content (AvgIpc) is 2.55. The van der Waals surface area contributed by atoms with Crippen LogP contribution in [0.5, 0.6) is 0 Å². The zero-order valence-electron chi connectivity index (χ0n) is 6.25. The molecule has 5 nitrogen and oxygen atoms in total. The molecular formula is C5H6ClN5S. The van der Waals surface area contributed by atoms with Gasteiger partial charge in [-0.05, 0) is 0 Å². The molecule has 0 fully saturated rings. The standard InChI is InChI=1S/C5H6N5S.ClH/c1-10(4-7-8-9-10)5-6-2-3-11-5;/h2-4H,1H3;1H/q+1;/p-1. The highest BCUT2D eigenvalue weighted by Crippen LogP contribution is 2.24. The van der Waals surface area contributed by atoms with Crippen molar-refractivity contribution >= 4 is 22.8 Å². The summed E-state index contributed by atoms with van der Waals surface area (Å²) < 4.78 is 0.234. The Balaban J connectivity index is 0.000000720. The van der Waals surface area contributed by atoms with Gasteiger partial charge in [-0.2, -0.15) is 4.98 Å². The van der Waals surface area contributed by atoms with Crippen molar-refractivity contribution in [3.05, 3.63) is 11.6 Å². The Bertz CT molecular complexity index is 294. The lowest BCUT2D eigenvalue weighted by Gasteiger charge is -2.10. The number of rotatable bonds is 1. The summed E-state index contributed by atoms with van der Waals surface area (Å²) in [5, 5.41) is 13.9. The molecule has 2 heterocycles. The quantitative estimate of drug-likeness (QED) is 0.508. The van der Waals surface area contributed by atoms with Crippen molar-refractivity contribution in [3.8, 4) is 0 Å². The molecule has 0 bridgehead atoms. The van der Waals surface area contributed by atoms with Crippen LogP contribution in [-0.2, 0) is 0 Å². The van der Waals surface area contributed by atoms with Crippen molar-refractivity contribution in [3.63, 3.8) is 0 Å². The fraction of sp³-hybridized carbons (Fsp3) is 0.200. The van der Waals surface area contributed by atoms with Crippen LogP contribution in [0.4, 0.5) is 5.13 Å². The molecule has 0 aliphatic carbocycles. The highest BCUT2D eigenvalue weighted by Gasteiger charge is 2.30. The predicted molar refractivity (Wildman–Crippen MR) is 43.2 cm³/mol. The largest absolute Gasteiger partial charge is 1.00 e. The van der Waals surface area contributed by atoms with Crippen molar-refractivity contribution < 1.29 is 12.4 Å². The van der Waals surface area contributed by atoms with Crippen LogP contribution < -0.4 is 17.0 Å². The van der Waals surface area contributed by atoms with Crippen LogP contribution in [-0.4, -0.2) is 18.4 Å². The summed E-state index contributed by atoms with van der Waals surface area (Å²) in [6, 6.07) is 0. The number of nitrogens with zero attached hydrogens (tertiary/aromatic N) is 5. The summed E-state index contributed by atoms with van der Waals surface area (Å²) in [7, 11) is 1.87. The highest BCUT2D eigenvalue weighted by atomic mass is 35.5. The number of quaternary nitrogens is 1. The summed E-state index contributed by atoms with van der Waals surface area (Å²) in [5.41, 5.74) is 0. The second-order valence-electron chi connectivity index (χ2n) is 2.25. The fourth-order valence-electron chi connectivity index (χ4n) is 0.780. The third kappa shape index (κ3) is 1.36. The zero-order chi connectivity index (χ0) is 7.73. The van der Waals surface area contributed by atoms with Gasteiger partial charge in [-0.25, -0.2) is 0 Å². The summed E-state index contributed by atoms with van der Waals surface area (Å²) in [6.07, 6.45) is 3.38. The van der Waals surface area contributed by atoms with E-state index < -0.39 is 0 Å². The Hall–Kier alpha value is -0.850. The fourth-order valence-corrected chi connectivity index (χ4v) is 1.44. The molecule has 1 aromatic rings. The number of halogens is 1. The Kier molecular flexibility index (Phi) is 2.51. The molecule has 1 unspecified atom stereocenters. The molecule has 0 saturated carbocycles. The number of thiazole rings is 1. The van der Waals surface area contributed by atoms with Gasteiger partial charge in [0.05, 0.1) is 5.22 Å². The molecule has 64 valence electrons. The molecule has 12 heavy (non-hydrogen) atoms. The smallest absolute Gasteiger partial charge is 0.320 e. The highest BCUT2D eigenvalue weighted by molar-refractivity contribution is 7.13. The first-order valence-corrected chi connectivity index (χ1v) is 3.92. The van der Waals surface area contributed by atoms with Crippen molar-refractivity contribution in [1.29, 1.82) is 0 Å². The Labute approximate surface area is 79.4 Å². The molecule has 1 aromatic heterocycles. The van der Waals surface area contributed by atoms with E-state index in [0.717, 1.165) is 5.13 Å². The summed E-state index contributed by atoms with van der Waals surface area (Å²) >= 11 is 1.54. The molecule has 1 aliphatic heterocycles. The van der Waals surface area contributed by atoms with E-state index in [0.29, 0.717) is 0 Å². The lowest BCUT2D eigenvalue weighted by atomic mass is 10.8. The van der Waals surface area contributed by atoms with Crippen LogP contribution in [0.2, 0.25) is 0 Å². The summed E-state index contributed by atoms with van der Waals surface area (Å²) in [5.74, 6) is 0. The van der Waals surface area contributed by atoms with E-state index in [1.54, 1.807) is 12.5 Å². The molecule has 0 amide bonds. The normalized spacial score (nSPS) is 25.8. The van der Waals surface area contributed by atoms with Gasteiger partial charge in [0, 0.05) is 16.8 Å². The van der Waals surface area contributed by atoms with Crippen LogP contribution in [0.3, 0.4) is 0 Å². The molecular weight excluding hydrogens is 198 g/mol. The number of hydrogen-bond donors (Lipinski definition) is 0. The molecule has 0 aromatic carbocycles. The van der Waals surface area contributed by atoms with Gasteiger partial charge >= 0.3 is 5.13 Å². The van der Waals surface area contributed by atoms with Crippen LogP contribution in [0.1, 0.15) is 0 Å². The number of aromatic nitrogens is 1. The van der Waals surface area contributed by atoms with Gasteiger partial charge in [-0.1, -0.05) is 21.0 Å². The molecule has 1 atom stereocenters. The van der Waals surface area contributed by atoms with Crippen LogP contribution in [0, 0.1) is 0 Å². The minimum atomic E-state index is 0. The number of hydrogen-bond acceptors (Lipinski definition) is 5. The molecule has 0 N–H and O–H groups in total. The summed E-state index contributed by atoms with van der Waals surface area (Å²) in [4.78, 5) is 4.12. The van der Waals surface area contributed by atoms with Crippen molar-refractivity contribution in [2.24, 2.45) is 15.5 Å². The molecule has 2 rings (SSSR count). The first-order chi connectivity index (χ1) is 5.31. The molecule has 1 aliphatic rings. The van der Waals surface area contributed by atoms with E-state index in [1.807, 2.05) is 12.4 Å². The minimum Gasteiger partial charge on any atom is -1.00 e. The van der Waals surface area contributed by atoms with Crippen molar-refractivity contribution in [1.82, 2.24) is 9.58 Å². The zero-order valence-corrected chi connectivity index (χ0v) is 7.83. The van der Waals surface area contributed by atoms with E-state index in [1.165, 1.54) is 11.3 Å². The second kappa shape index (κ2) is 3.26. The second-order valence-corrected chi connectivity index (χ2v) is 3.12. The van der Waals surface area contributed by atoms with E-state index in [2.05, 4.69) is 20.5 Å². The van der Waals surface area contributed by atoms with E-state index in [-0.39, 0.29) is 17.0 Å². The molecule has 0 spiro atoms. The van der Waals surface area contributed by atoms with Crippen LogP contribution in [0.25, 0.3) is 0 Å². The topological polar surface area (TPSA) is 50.0 Å².